The molecule has 0 bridgehead atoms. The fourth-order valence-corrected chi connectivity index (χ4v) is 1.64. The summed E-state index contributed by atoms with van der Waals surface area (Å²) in [4.78, 5) is 10.4. The van der Waals surface area contributed by atoms with Crippen molar-refractivity contribution in [3.8, 4) is 17.2 Å². The molecule has 104 valence electrons. The fraction of sp³-hybridized carbons (Fsp3) is 0.143. The van der Waals surface area contributed by atoms with Gasteiger partial charge in [0.25, 0.3) is 5.69 Å². The number of nitro groups is 1. The molecule has 6 nitrogen and oxygen atoms in total. The maximum Gasteiger partial charge on any atom is 0.276 e. The van der Waals surface area contributed by atoms with Gasteiger partial charge in [-0.15, -0.1) is 0 Å². The number of hydrogen-bond donors (Lipinski definition) is 1. The number of ether oxygens (including phenoxy) is 2. The average molecular weight is 274 g/mol. The first kappa shape index (κ1) is 13.7. The predicted molar refractivity (Wildman–Crippen MR) is 75.2 cm³/mol. The number of non-ortho nitro benzene ring substituents is 1. The van der Waals surface area contributed by atoms with E-state index in [1.54, 1.807) is 37.3 Å². The zero-order valence-corrected chi connectivity index (χ0v) is 10.9. The smallest absolute Gasteiger partial charge is 0.276 e. The highest BCUT2D eigenvalue weighted by molar-refractivity contribution is 5.48. The van der Waals surface area contributed by atoms with Gasteiger partial charge >= 0.3 is 0 Å². The van der Waals surface area contributed by atoms with E-state index in [4.69, 9.17) is 15.2 Å². The van der Waals surface area contributed by atoms with Crippen LogP contribution >= 0.6 is 0 Å². The zero-order valence-electron chi connectivity index (χ0n) is 10.9. The number of benzene rings is 2. The minimum Gasteiger partial charge on any atom is -0.493 e. The molecule has 2 rings (SSSR count). The molecule has 0 radical (unpaired) electrons. The lowest BCUT2D eigenvalue weighted by Gasteiger charge is -2.08. The third kappa shape index (κ3) is 3.38. The van der Waals surface area contributed by atoms with Crippen molar-refractivity contribution in [2.45, 2.75) is 6.92 Å². The first-order chi connectivity index (χ1) is 9.58. The normalized spacial score (nSPS) is 10.1. The Morgan fingerprint density at radius 2 is 1.75 bits per heavy atom. The van der Waals surface area contributed by atoms with E-state index in [9.17, 15) is 10.1 Å². The highest BCUT2D eigenvalue weighted by atomic mass is 16.6. The molecule has 0 atom stereocenters. The summed E-state index contributed by atoms with van der Waals surface area (Å²) in [6.07, 6.45) is 0. The second-order valence-corrected chi connectivity index (χ2v) is 4.02. The largest absolute Gasteiger partial charge is 0.493 e. The molecule has 0 fully saturated rings. The van der Waals surface area contributed by atoms with Gasteiger partial charge in [-0.1, -0.05) is 0 Å². The number of nitrogen functional groups attached to an aromatic ring is 1. The van der Waals surface area contributed by atoms with Gasteiger partial charge in [-0.3, -0.25) is 10.1 Å². The van der Waals surface area contributed by atoms with Crippen LogP contribution in [0.4, 0.5) is 11.4 Å². The summed E-state index contributed by atoms with van der Waals surface area (Å²) >= 11 is 0. The van der Waals surface area contributed by atoms with Gasteiger partial charge in [0, 0.05) is 11.8 Å². The van der Waals surface area contributed by atoms with E-state index in [1.165, 1.54) is 12.1 Å². The number of nitrogens with zero attached hydrogens (tertiary/aromatic N) is 1. The summed E-state index contributed by atoms with van der Waals surface area (Å²) in [5.41, 5.74) is 6.12. The number of hydrogen-bond acceptors (Lipinski definition) is 5. The molecule has 0 aliphatic carbocycles. The van der Waals surface area contributed by atoms with Crippen molar-refractivity contribution in [2.24, 2.45) is 0 Å². The van der Waals surface area contributed by atoms with Crippen molar-refractivity contribution in [2.75, 3.05) is 12.3 Å². The van der Waals surface area contributed by atoms with Crippen LogP contribution in [-0.2, 0) is 0 Å². The van der Waals surface area contributed by atoms with Crippen molar-refractivity contribution >= 4 is 11.4 Å². The van der Waals surface area contributed by atoms with Gasteiger partial charge in [-0.05, 0) is 31.2 Å². The van der Waals surface area contributed by atoms with Gasteiger partial charge in [-0.2, -0.15) is 0 Å². The molecule has 0 saturated heterocycles. The highest BCUT2D eigenvalue weighted by Crippen LogP contribution is 2.31. The summed E-state index contributed by atoms with van der Waals surface area (Å²) < 4.78 is 10.9. The molecule has 0 aliphatic heterocycles. The molecule has 20 heavy (non-hydrogen) atoms. The third-order valence-corrected chi connectivity index (χ3v) is 2.50. The molecular formula is C14H14N2O4. The van der Waals surface area contributed by atoms with E-state index in [0.717, 1.165) is 0 Å². The van der Waals surface area contributed by atoms with E-state index >= 15 is 0 Å². The lowest BCUT2D eigenvalue weighted by molar-refractivity contribution is -0.385. The van der Waals surface area contributed by atoms with Crippen molar-refractivity contribution in [1.82, 2.24) is 0 Å². The standard InChI is InChI=1S/C14H14N2O4/c1-2-19-13-7-11(16(17)18)8-14(9-13)20-12-5-3-10(15)4-6-12/h3-9H,2,15H2,1H3. The molecule has 2 aromatic carbocycles. The number of rotatable bonds is 5. The van der Waals surface area contributed by atoms with Crippen LogP contribution in [0.3, 0.4) is 0 Å². The van der Waals surface area contributed by atoms with Gasteiger partial charge in [-0.25, -0.2) is 0 Å². The Morgan fingerprint density at radius 1 is 1.10 bits per heavy atom. The van der Waals surface area contributed by atoms with Crippen molar-refractivity contribution < 1.29 is 14.4 Å². The SMILES string of the molecule is CCOc1cc(Oc2ccc(N)cc2)cc([N+](=O)[O-])c1. The quantitative estimate of drug-likeness (QED) is 0.513. The molecule has 0 aromatic heterocycles. The van der Waals surface area contributed by atoms with Gasteiger partial charge < -0.3 is 15.2 Å². The number of nitrogens with two attached hydrogens (primary N) is 1. The molecule has 2 aromatic rings. The first-order valence-electron chi connectivity index (χ1n) is 6.04. The minimum absolute atomic E-state index is 0.0820. The average Bonchev–Trinajstić information content (AvgIpc) is 2.41. The molecule has 6 heteroatoms. The molecule has 0 saturated carbocycles. The van der Waals surface area contributed by atoms with E-state index < -0.39 is 4.92 Å². The molecule has 0 spiro atoms. The van der Waals surface area contributed by atoms with Crippen LogP contribution in [-0.4, -0.2) is 11.5 Å². The lowest BCUT2D eigenvalue weighted by atomic mass is 10.2. The predicted octanol–water partition coefficient (Wildman–Crippen LogP) is 3.37. The van der Waals surface area contributed by atoms with Crippen molar-refractivity contribution in [3.63, 3.8) is 0 Å². The van der Waals surface area contributed by atoms with Gasteiger partial charge in [0.05, 0.1) is 23.7 Å². The highest BCUT2D eigenvalue weighted by Gasteiger charge is 2.12. The van der Waals surface area contributed by atoms with Crippen LogP contribution in [0.1, 0.15) is 6.92 Å². The summed E-state index contributed by atoms with van der Waals surface area (Å²) in [6.45, 7) is 2.22. The zero-order chi connectivity index (χ0) is 14.5. The summed E-state index contributed by atoms with van der Waals surface area (Å²) in [6, 6.07) is 11.1. The van der Waals surface area contributed by atoms with Crippen LogP contribution in [0.5, 0.6) is 17.2 Å². The molecule has 0 aliphatic rings. The van der Waals surface area contributed by atoms with Gasteiger partial charge in [0.1, 0.15) is 17.2 Å². The van der Waals surface area contributed by atoms with Crippen LogP contribution in [0.15, 0.2) is 42.5 Å². The molecular weight excluding hydrogens is 260 g/mol. The maximum atomic E-state index is 10.9. The summed E-state index contributed by atoms with van der Waals surface area (Å²) in [5.74, 6) is 1.28. The van der Waals surface area contributed by atoms with Crippen LogP contribution in [0.25, 0.3) is 0 Å². The van der Waals surface area contributed by atoms with Crippen molar-refractivity contribution in [1.29, 1.82) is 0 Å². The maximum absolute atomic E-state index is 10.9. The molecule has 0 unspecified atom stereocenters. The lowest BCUT2D eigenvalue weighted by Crippen LogP contribution is -1.95. The van der Waals surface area contributed by atoms with E-state index in [0.29, 0.717) is 29.5 Å². The number of anilines is 1. The molecule has 2 N–H and O–H groups in total. The second kappa shape index (κ2) is 5.92. The Kier molecular flexibility index (Phi) is 4.05. The minimum atomic E-state index is -0.488. The van der Waals surface area contributed by atoms with Crippen LogP contribution < -0.4 is 15.2 Å². The first-order valence-corrected chi connectivity index (χ1v) is 6.04. The van der Waals surface area contributed by atoms with Gasteiger partial charge in [0.15, 0.2) is 0 Å². The van der Waals surface area contributed by atoms with Crippen LogP contribution in [0.2, 0.25) is 0 Å². The van der Waals surface area contributed by atoms with E-state index in [-0.39, 0.29) is 5.69 Å². The van der Waals surface area contributed by atoms with E-state index in [2.05, 4.69) is 0 Å². The molecule has 0 amide bonds. The Morgan fingerprint density at radius 3 is 2.35 bits per heavy atom. The topological polar surface area (TPSA) is 87.6 Å². The Labute approximate surface area is 115 Å². The third-order valence-electron chi connectivity index (χ3n) is 2.50. The van der Waals surface area contributed by atoms with Crippen LogP contribution in [0, 0.1) is 10.1 Å². The van der Waals surface area contributed by atoms with Crippen molar-refractivity contribution in [3.05, 3.63) is 52.6 Å². The summed E-state index contributed by atoms with van der Waals surface area (Å²) in [7, 11) is 0. The Hall–Kier alpha value is -2.76. The second-order valence-electron chi connectivity index (χ2n) is 4.02. The Balaban J connectivity index is 2.29. The van der Waals surface area contributed by atoms with E-state index in [1.807, 2.05) is 0 Å². The number of nitro benzene ring substituents is 1. The van der Waals surface area contributed by atoms with Gasteiger partial charge in [0.2, 0.25) is 0 Å². The fourth-order valence-electron chi connectivity index (χ4n) is 1.64. The summed E-state index contributed by atoms with van der Waals surface area (Å²) in [5, 5.41) is 10.9. The monoisotopic (exact) mass is 274 g/mol. The Bertz CT molecular complexity index is 611. The molecule has 0 heterocycles.